The highest BCUT2D eigenvalue weighted by molar-refractivity contribution is 5.85. The number of carbonyl (C=O) groups is 1. The number of carboxylic acids is 1. The fourth-order valence-electron chi connectivity index (χ4n) is 1.50. The maximum atomic E-state index is 10.7. The van der Waals surface area contributed by atoms with E-state index in [9.17, 15) is 4.79 Å². The summed E-state index contributed by atoms with van der Waals surface area (Å²) in [6, 6.07) is 5.17. The average molecular weight is 193 g/mol. The molecule has 3 nitrogen and oxygen atoms in total. The molecular weight excluding hydrogens is 178 g/mol. The molecule has 1 N–H and O–H groups in total. The summed E-state index contributed by atoms with van der Waals surface area (Å²) in [5.41, 5.74) is 1.02. The maximum Gasteiger partial charge on any atom is 0.354 e. The van der Waals surface area contributed by atoms with Crippen LogP contribution in [0.3, 0.4) is 0 Å². The Morgan fingerprint density at radius 3 is 2.57 bits per heavy atom. The van der Waals surface area contributed by atoms with Crippen molar-refractivity contribution in [2.45, 2.75) is 32.6 Å². The Labute approximate surface area is 83.8 Å². The van der Waals surface area contributed by atoms with Crippen LogP contribution in [0.15, 0.2) is 18.2 Å². The van der Waals surface area contributed by atoms with Crippen molar-refractivity contribution >= 4 is 5.97 Å². The first-order valence-electron chi connectivity index (χ1n) is 4.89. The predicted molar refractivity (Wildman–Crippen MR) is 54.5 cm³/mol. The molecule has 0 aliphatic rings. The number of carboxylic acid groups (broad SMARTS) is 1. The van der Waals surface area contributed by atoms with Gasteiger partial charge >= 0.3 is 5.97 Å². The van der Waals surface area contributed by atoms with Crippen LogP contribution in [-0.2, 0) is 0 Å². The van der Waals surface area contributed by atoms with Crippen molar-refractivity contribution in [3.05, 3.63) is 29.6 Å². The molecule has 0 spiro atoms. The van der Waals surface area contributed by atoms with E-state index in [2.05, 4.69) is 18.8 Å². The fraction of sp³-hybridized carbons (Fsp3) is 0.455. The maximum absolute atomic E-state index is 10.7. The number of pyridine rings is 1. The lowest BCUT2D eigenvalue weighted by Crippen LogP contribution is -2.05. The molecule has 0 saturated heterocycles. The quantitative estimate of drug-likeness (QED) is 0.799. The summed E-state index contributed by atoms with van der Waals surface area (Å²) in [4.78, 5) is 14.8. The van der Waals surface area contributed by atoms with Crippen molar-refractivity contribution < 1.29 is 9.90 Å². The van der Waals surface area contributed by atoms with Crippen LogP contribution in [0.1, 0.15) is 48.8 Å². The van der Waals surface area contributed by atoms with Gasteiger partial charge in [-0.1, -0.05) is 19.9 Å². The zero-order chi connectivity index (χ0) is 10.6. The summed E-state index contributed by atoms with van der Waals surface area (Å²) in [7, 11) is 0. The second-order valence-corrected chi connectivity index (χ2v) is 3.27. The van der Waals surface area contributed by atoms with E-state index in [1.165, 1.54) is 6.07 Å². The topological polar surface area (TPSA) is 50.2 Å². The first kappa shape index (κ1) is 10.7. The van der Waals surface area contributed by atoms with Gasteiger partial charge in [0.05, 0.1) is 0 Å². The molecule has 1 rings (SSSR count). The predicted octanol–water partition coefficient (Wildman–Crippen LogP) is 2.68. The van der Waals surface area contributed by atoms with Crippen LogP contribution in [0.25, 0.3) is 0 Å². The monoisotopic (exact) mass is 193 g/mol. The van der Waals surface area contributed by atoms with Crippen molar-refractivity contribution in [1.82, 2.24) is 4.98 Å². The smallest absolute Gasteiger partial charge is 0.354 e. The van der Waals surface area contributed by atoms with Gasteiger partial charge in [0.25, 0.3) is 0 Å². The van der Waals surface area contributed by atoms with Crippen LogP contribution in [0.2, 0.25) is 0 Å². The van der Waals surface area contributed by atoms with Gasteiger partial charge in [0, 0.05) is 11.6 Å². The van der Waals surface area contributed by atoms with Gasteiger partial charge < -0.3 is 5.11 Å². The summed E-state index contributed by atoms with van der Waals surface area (Å²) in [5, 5.41) is 8.77. The molecule has 0 aliphatic carbocycles. The lowest BCUT2D eigenvalue weighted by molar-refractivity contribution is 0.0690. The summed E-state index contributed by atoms with van der Waals surface area (Å²) < 4.78 is 0. The highest BCUT2D eigenvalue weighted by Crippen LogP contribution is 2.20. The molecule has 0 saturated carbocycles. The van der Waals surface area contributed by atoms with E-state index in [-0.39, 0.29) is 5.69 Å². The van der Waals surface area contributed by atoms with Gasteiger partial charge in [0.1, 0.15) is 5.69 Å². The minimum absolute atomic E-state index is 0.134. The van der Waals surface area contributed by atoms with Gasteiger partial charge in [-0.25, -0.2) is 9.78 Å². The minimum Gasteiger partial charge on any atom is -0.477 e. The van der Waals surface area contributed by atoms with E-state index in [1.807, 2.05) is 6.07 Å². The second kappa shape index (κ2) is 4.74. The third-order valence-corrected chi connectivity index (χ3v) is 2.39. The molecule has 76 valence electrons. The average Bonchev–Trinajstić information content (AvgIpc) is 2.20. The third kappa shape index (κ3) is 2.31. The molecule has 0 radical (unpaired) electrons. The Hall–Kier alpha value is -1.38. The van der Waals surface area contributed by atoms with E-state index in [0.29, 0.717) is 5.92 Å². The molecule has 0 atom stereocenters. The molecule has 3 heteroatoms. The second-order valence-electron chi connectivity index (χ2n) is 3.27. The molecule has 0 fully saturated rings. The lowest BCUT2D eigenvalue weighted by Gasteiger charge is -2.11. The van der Waals surface area contributed by atoms with Crippen molar-refractivity contribution in [2.24, 2.45) is 0 Å². The zero-order valence-corrected chi connectivity index (χ0v) is 8.53. The molecule has 1 heterocycles. The summed E-state index contributed by atoms with van der Waals surface area (Å²) in [6.07, 6.45) is 1.99. The number of hydrogen-bond donors (Lipinski definition) is 1. The Kier molecular flexibility index (Phi) is 3.63. The van der Waals surface area contributed by atoms with Gasteiger partial charge in [-0.2, -0.15) is 0 Å². The molecule has 0 unspecified atom stereocenters. The van der Waals surface area contributed by atoms with E-state index in [1.54, 1.807) is 6.07 Å². The van der Waals surface area contributed by atoms with Crippen LogP contribution < -0.4 is 0 Å². The summed E-state index contributed by atoms with van der Waals surface area (Å²) in [6.45, 7) is 4.17. The Bertz CT molecular complexity index is 319. The van der Waals surface area contributed by atoms with Gasteiger partial charge in [-0.3, -0.25) is 0 Å². The summed E-state index contributed by atoms with van der Waals surface area (Å²) in [5.74, 6) is -0.591. The molecular formula is C11H15NO2. The van der Waals surface area contributed by atoms with Gasteiger partial charge in [0.2, 0.25) is 0 Å². The van der Waals surface area contributed by atoms with Crippen molar-refractivity contribution in [3.63, 3.8) is 0 Å². The zero-order valence-electron chi connectivity index (χ0n) is 8.53. The molecule has 0 bridgehead atoms. The molecule has 14 heavy (non-hydrogen) atoms. The van der Waals surface area contributed by atoms with Crippen molar-refractivity contribution in [3.8, 4) is 0 Å². The SMILES string of the molecule is CCC(CC)c1cccc(C(=O)O)n1. The first-order valence-corrected chi connectivity index (χ1v) is 4.89. The van der Waals surface area contributed by atoms with Crippen LogP contribution in [0.4, 0.5) is 0 Å². The molecule has 0 aromatic carbocycles. The van der Waals surface area contributed by atoms with Crippen LogP contribution in [-0.4, -0.2) is 16.1 Å². The van der Waals surface area contributed by atoms with Gasteiger partial charge in [-0.05, 0) is 25.0 Å². The standard InChI is InChI=1S/C11H15NO2/c1-3-8(4-2)9-6-5-7-10(12-9)11(13)14/h5-8H,3-4H2,1-2H3,(H,13,14). The third-order valence-electron chi connectivity index (χ3n) is 2.39. The van der Waals surface area contributed by atoms with E-state index in [0.717, 1.165) is 18.5 Å². The first-order chi connectivity index (χ1) is 6.69. The van der Waals surface area contributed by atoms with Crippen molar-refractivity contribution in [1.29, 1.82) is 0 Å². The number of nitrogens with zero attached hydrogens (tertiary/aromatic N) is 1. The minimum atomic E-state index is -0.960. The number of aromatic nitrogens is 1. The molecule has 0 aliphatic heterocycles. The highest BCUT2D eigenvalue weighted by atomic mass is 16.4. The van der Waals surface area contributed by atoms with Gasteiger partial charge in [-0.15, -0.1) is 0 Å². The van der Waals surface area contributed by atoms with E-state index in [4.69, 9.17) is 5.11 Å². The lowest BCUT2D eigenvalue weighted by atomic mass is 9.99. The Balaban J connectivity index is 2.98. The van der Waals surface area contributed by atoms with E-state index < -0.39 is 5.97 Å². The number of hydrogen-bond acceptors (Lipinski definition) is 2. The van der Waals surface area contributed by atoms with Crippen molar-refractivity contribution in [2.75, 3.05) is 0 Å². The van der Waals surface area contributed by atoms with Gasteiger partial charge in [0.15, 0.2) is 0 Å². The fourth-order valence-corrected chi connectivity index (χ4v) is 1.50. The highest BCUT2D eigenvalue weighted by Gasteiger charge is 2.11. The summed E-state index contributed by atoms with van der Waals surface area (Å²) >= 11 is 0. The van der Waals surface area contributed by atoms with Crippen LogP contribution in [0, 0.1) is 0 Å². The van der Waals surface area contributed by atoms with Crippen LogP contribution >= 0.6 is 0 Å². The molecule has 0 amide bonds. The largest absolute Gasteiger partial charge is 0.477 e. The Morgan fingerprint density at radius 2 is 2.07 bits per heavy atom. The Morgan fingerprint density at radius 1 is 1.43 bits per heavy atom. The van der Waals surface area contributed by atoms with Crippen LogP contribution in [0.5, 0.6) is 0 Å². The molecule has 1 aromatic rings. The van der Waals surface area contributed by atoms with E-state index >= 15 is 0 Å². The number of rotatable bonds is 4. The molecule has 1 aromatic heterocycles. The number of aromatic carboxylic acids is 1. The normalized spacial score (nSPS) is 10.5.